The smallest absolute Gasteiger partial charge is 0.187 e. The van der Waals surface area contributed by atoms with Crippen molar-refractivity contribution in [2.45, 2.75) is 62.4 Å². The van der Waals surface area contributed by atoms with Crippen LogP contribution in [0.1, 0.15) is 13.3 Å². The Morgan fingerprint density at radius 2 is 1.86 bits per heavy atom. The topological polar surface area (TPSA) is 146 Å². The molecular weight excluding hydrogens is 300 g/mol. The lowest BCUT2D eigenvalue weighted by Gasteiger charge is -2.42. The Balaban J connectivity index is 2.84. The molecule has 1 saturated heterocycles. The highest BCUT2D eigenvalue weighted by Crippen LogP contribution is 2.25. The molecule has 0 spiro atoms. The van der Waals surface area contributed by atoms with Crippen LogP contribution < -0.4 is 0 Å². The first-order chi connectivity index (χ1) is 10.4. The van der Waals surface area contributed by atoms with Crippen molar-refractivity contribution in [1.82, 2.24) is 0 Å². The molecule has 1 aliphatic rings. The highest BCUT2D eigenvalue weighted by molar-refractivity contribution is 5.50. The van der Waals surface area contributed by atoms with Crippen LogP contribution in [0, 0.1) is 0 Å². The van der Waals surface area contributed by atoms with Gasteiger partial charge in [-0.2, -0.15) is 0 Å². The van der Waals surface area contributed by atoms with Gasteiger partial charge in [-0.1, -0.05) is 0 Å². The van der Waals surface area contributed by atoms with Crippen molar-refractivity contribution in [1.29, 1.82) is 0 Å². The van der Waals surface area contributed by atoms with Crippen LogP contribution in [0.5, 0.6) is 0 Å². The van der Waals surface area contributed by atoms with Gasteiger partial charge in [0.25, 0.3) is 0 Å². The zero-order chi connectivity index (χ0) is 16.9. The molecule has 0 amide bonds. The molecule has 8 atom stereocenters. The fraction of sp³-hybridized carbons (Fsp3) is 0.923. The number of carbonyl (C=O) groups is 1. The number of methoxy groups -OCH3 is 1. The molecule has 9 nitrogen and oxygen atoms in total. The Kier molecular flexibility index (Phi) is 7.80. The maximum absolute atomic E-state index is 10.6. The summed E-state index contributed by atoms with van der Waals surface area (Å²) in [7, 11) is 1.33. The average molecular weight is 324 g/mol. The highest BCUT2D eigenvalue weighted by Gasteiger charge is 2.45. The minimum Gasteiger partial charge on any atom is -0.394 e. The van der Waals surface area contributed by atoms with Crippen molar-refractivity contribution in [3.63, 3.8) is 0 Å². The molecule has 0 bridgehead atoms. The molecule has 0 radical (unpaired) electrons. The van der Waals surface area contributed by atoms with Crippen molar-refractivity contribution < 1.29 is 44.5 Å². The standard InChI is InChI=1S/C13H24O9/c1-6(16)12(7(20-2)3-4-14)22-13-11(19)10(18)9(17)8(5-15)21-13/h4,6-13,15-19H,3,5H2,1-2H3/t6-,7+,8-,9-,10+,11-,12-,13+/m1/s1. The van der Waals surface area contributed by atoms with Crippen LogP contribution in [0.15, 0.2) is 0 Å². The normalized spacial score (nSPS) is 36.6. The second-order valence-corrected chi connectivity index (χ2v) is 5.22. The molecule has 1 heterocycles. The first-order valence-corrected chi connectivity index (χ1v) is 6.97. The second kappa shape index (κ2) is 8.85. The van der Waals surface area contributed by atoms with E-state index in [1.165, 1.54) is 14.0 Å². The lowest BCUT2D eigenvalue weighted by Crippen LogP contribution is -2.60. The maximum atomic E-state index is 10.6. The number of carbonyl (C=O) groups excluding carboxylic acids is 1. The van der Waals surface area contributed by atoms with Crippen molar-refractivity contribution in [2.75, 3.05) is 13.7 Å². The van der Waals surface area contributed by atoms with E-state index in [2.05, 4.69) is 0 Å². The number of aldehydes is 1. The molecule has 130 valence electrons. The fourth-order valence-corrected chi connectivity index (χ4v) is 2.31. The van der Waals surface area contributed by atoms with Crippen molar-refractivity contribution in [2.24, 2.45) is 0 Å². The lowest BCUT2D eigenvalue weighted by atomic mass is 9.99. The minimum atomic E-state index is -1.59. The number of aliphatic hydroxyl groups is 5. The highest BCUT2D eigenvalue weighted by atomic mass is 16.7. The lowest BCUT2D eigenvalue weighted by molar-refractivity contribution is -0.323. The summed E-state index contributed by atoms with van der Waals surface area (Å²) in [6, 6.07) is 0. The van der Waals surface area contributed by atoms with Gasteiger partial charge < -0.3 is 44.5 Å². The summed E-state index contributed by atoms with van der Waals surface area (Å²) >= 11 is 0. The van der Waals surface area contributed by atoms with Crippen LogP contribution in [0.4, 0.5) is 0 Å². The maximum Gasteiger partial charge on any atom is 0.187 e. The molecule has 5 N–H and O–H groups in total. The predicted octanol–water partition coefficient (Wildman–Crippen LogP) is -2.84. The molecule has 1 aliphatic heterocycles. The van der Waals surface area contributed by atoms with E-state index in [1.54, 1.807) is 0 Å². The number of aliphatic hydroxyl groups excluding tert-OH is 5. The molecule has 1 fully saturated rings. The van der Waals surface area contributed by atoms with E-state index >= 15 is 0 Å². The Labute approximate surface area is 128 Å². The fourth-order valence-electron chi connectivity index (χ4n) is 2.31. The average Bonchev–Trinajstić information content (AvgIpc) is 2.50. The van der Waals surface area contributed by atoms with Gasteiger partial charge in [-0.05, 0) is 6.92 Å². The Morgan fingerprint density at radius 1 is 1.23 bits per heavy atom. The molecule has 9 heteroatoms. The van der Waals surface area contributed by atoms with Crippen LogP contribution in [0.2, 0.25) is 0 Å². The summed E-state index contributed by atoms with van der Waals surface area (Å²) in [5, 5.41) is 48.2. The quantitative estimate of drug-likeness (QED) is 0.298. The van der Waals surface area contributed by atoms with E-state index in [4.69, 9.17) is 19.3 Å². The summed E-state index contributed by atoms with van der Waals surface area (Å²) in [5.74, 6) is 0. The Hall–Kier alpha value is -0.650. The molecular formula is C13H24O9. The van der Waals surface area contributed by atoms with Gasteiger partial charge in [0.2, 0.25) is 0 Å². The third-order valence-electron chi connectivity index (χ3n) is 3.61. The van der Waals surface area contributed by atoms with Gasteiger partial charge in [0.1, 0.15) is 36.8 Å². The molecule has 0 unspecified atom stereocenters. The van der Waals surface area contributed by atoms with Gasteiger partial charge in [-0.3, -0.25) is 0 Å². The first-order valence-electron chi connectivity index (χ1n) is 6.97. The number of rotatable bonds is 8. The van der Waals surface area contributed by atoms with E-state index in [-0.39, 0.29) is 6.42 Å². The molecule has 0 aliphatic carbocycles. The van der Waals surface area contributed by atoms with Gasteiger partial charge in [0.15, 0.2) is 6.29 Å². The van der Waals surface area contributed by atoms with Crippen LogP contribution in [0.3, 0.4) is 0 Å². The number of hydrogen-bond acceptors (Lipinski definition) is 9. The summed E-state index contributed by atoms with van der Waals surface area (Å²) in [4.78, 5) is 10.6. The Morgan fingerprint density at radius 3 is 2.32 bits per heavy atom. The van der Waals surface area contributed by atoms with E-state index in [0.717, 1.165) is 0 Å². The largest absolute Gasteiger partial charge is 0.394 e. The van der Waals surface area contributed by atoms with Crippen LogP contribution in [-0.4, -0.2) is 94.6 Å². The molecule has 22 heavy (non-hydrogen) atoms. The van der Waals surface area contributed by atoms with Gasteiger partial charge in [0, 0.05) is 13.5 Å². The minimum absolute atomic E-state index is 0.0521. The third-order valence-corrected chi connectivity index (χ3v) is 3.61. The third kappa shape index (κ3) is 4.43. The zero-order valence-corrected chi connectivity index (χ0v) is 12.5. The monoisotopic (exact) mass is 324 g/mol. The van der Waals surface area contributed by atoms with Crippen molar-refractivity contribution in [3.8, 4) is 0 Å². The van der Waals surface area contributed by atoms with Crippen molar-refractivity contribution in [3.05, 3.63) is 0 Å². The second-order valence-electron chi connectivity index (χ2n) is 5.22. The van der Waals surface area contributed by atoms with Gasteiger partial charge >= 0.3 is 0 Å². The predicted molar refractivity (Wildman–Crippen MR) is 71.8 cm³/mol. The summed E-state index contributed by atoms with van der Waals surface area (Å²) in [5.41, 5.74) is 0. The van der Waals surface area contributed by atoms with Crippen molar-refractivity contribution >= 4 is 6.29 Å². The first kappa shape index (κ1) is 19.4. The summed E-state index contributed by atoms with van der Waals surface area (Å²) in [6.45, 7) is 0.817. The summed E-state index contributed by atoms with van der Waals surface area (Å²) in [6.07, 6.45) is -9.52. The van der Waals surface area contributed by atoms with Crippen LogP contribution in [0.25, 0.3) is 0 Å². The van der Waals surface area contributed by atoms with E-state index in [9.17, 15) is 25.2 Å². The van der Waals surface area contributed by atoms with E-state index in [1.807, 2.05) is 0 Å². The number of ether oxygens (including phenoxy) is 3. The SMILES string of the molecule is CO[C@@H](CC=O)[C@H](O[C@@H]1O[C@H](CO)[C@@H](O)[C@H](O)[C@H]1O)[C@@H](C)O. The number of hydrogen-bond donors (Lipinski definition) is 5. The molecule has 0 aromatic rings. The van der Waals surface area contributed by atoms with Gasteiger partial charge in [0.05, 0.1) is 18.8 Å². The Bertz CT molecular complexity index is 335. The van der Waals surface area contributed by atoms with Gasteiger partial charge in [-0.25, -0.2) is 0 Å². The molecule has 0 aromatic heterocycles. The molecule has 0 aromatic carbocycles. The van der Waals surface area contributed by atoms with E-state index in [0.29, 0.717) is 6.29 Å². The van der Waals surface area contributed by atoms with Gasteiger partial charge in [-0.15, -0.1) is 0 Å². The van der Waals surface area contributed by atoms with Crippen LogP contribution in [-0.2, 0) is 19.0 Å². The zero-order valence-electron chi connectivity index (χ0n) is 12.5. The molecule has 1 rings (SSSR count). The van der Waals surface area contributed by atoms with E-state index < -0.39 is 55.6 Å². The molecule has 0 saturated carbocycles. The van der Waals surface area contributed by atoms with Crippen LogP contribution >= 0.6 is 0 Å². The summed E-state index contributed by atoms with van der Waals surface area (Å²) < 4.78 is 15.7.